The van der Waals surface area contributed by atoms with Gasteiger partial charge >= 0.3 is 0 Å². The fourth-order valence-corrected chi connectivity index (χ4v) is 1.96. The van der Waals surface area contributed by atoms with Gasteiger partial charge in [0.25, 0.3) is 0 Å². The third kappa shape index (κ3) is 3.16. The Morgan fingerprint density at radius 2 is 2.13 bits per heavy atom. The lowest BCUT2D eigenvalue weighted by atomic mass is 9.89. The zero-order chi connectivity index (χ0) is 11.6. The molecule has 0 radical (unpaired) electrons. The predicted molar refractivity (Wildman–Crippen MR) is 64.0 cm³/mol. The van der Waals surface area contributed by atoms with Gasteiger partial charge in [-0.2, -0.15) is 5.10 Å². The second-order valence-electron chi connectivity index (χ2n) is 4.82. The van der Waals surface area contributed by atoms with E-state index in [9.17, 15) is 4.79 Å². The number of halogens is 1. The maximum absolute atomic E-state index is 12.0. The number of ketones is 1. The highest BCUT2D eigenvalue weighted by molar-refractivity contribution is 9.10. The molecule has 0 fully saturated rings. The number of hydrogen-bond acceptors (Lipinski definition) is 2. The number of rotatable bonds is 3. The van der Waals surface area contributed by atoms with Crippen molar-refractivity contribution in [2.45, 2.75) is 40.7 Å². The molecular weight excluding hydrogens is 256 g/mol. The van der Waals surface area contributed by atoms with E-state index in [1.165, 1.54) is 0 Å². The molecule has 0 aliphatic heterocycles. The Hall–Kier alpha value is -0.640. The van der Waals surface area contributed by atoms with Crippen molar-refractivity contribution in [3.05, 3.63) is 16.4 Å². The zero-order valence-corrected chi connectivity index (χ0v) is 11.3. The van der Waals surface area contributed by atoms with Gasteiger partial charge < -0.3 is 0 Å². The number of aromatic nitrogens is 2. The Labute approximate surface area is 99.0 Å². The molecule has 0 atom stereocenters. The zero-order valence-electron chi connectivity index (χ0n) is 9.67. The Morgan fingerprint density at radius 3 is 2.60 bits per heavy atom. The topological polar surface area (TPSA) is 34.9 Å². The van der Waals surface area contributed by atoms with Gasteiger partial charge in [-0.05, 0) is 28.3 Å². The summed E-state index contributed by atoms with van der Waals surface area (Å²) in [5.74, 6) is 0.147. The smallest absolute Gasteiger partial charge is 0.182 e. The molecule has 4 heteroatoms. The van der Waals surface area contributed by atoms with Crippen LogP contribution in [0.5, 0.6) is 0 Å². The van der Waals surface area contributed by atoms with Gasteiger partial charge in [-0.25, -0.2) is 0 Å². The average Bonchev–Trinajstić information content (AvgIpc) is 2.43. The molecule has 0 aliphatic rings. The molecule has 1 rings (SSSR count). The molecule has 0 N–H and O–H groups in total. The Balaban J connectivity index is 2.95. The van der Waals surface area contributed by atoms with Crippen LogP contribution >= 0.6 is 15.9 Å². The van der Waals surface area contributed by atoms with E-state index in [0.29, 0.717) is 12.1 Å². The SMILES string of the molecule is CCn1ncc(Br)c1C(=O)CC(C)(C)C. The lowest BCUT2D eigenvalue weighted by Gasteiger charge is -2.17. The van der Waals surface area contributed by atoms with Gasteiger partial charge in [0.05, 0.1) is 10.7 Å². The predicted octanol–water partition coefficient (Wildman–Crippen LogP) is 3.28. The number of carbonyl (C=O) groups is 1. The summed E-state index contributed by atoms with van der Waals surface area (Å²) in [7, 11) is 0. The molecule has 0 aromatic carbocycles. The van der Waals surface area contributed by atoms with E-state index in [-0.39, 0.29) is 11.2 Å². The maximum Gasteiger partial charge on any atom is 0.182 e. The lowest BCUT2D eigenvalue weighted by molar-refractivity contribution is 0.0928. The van der Waals surface area contributed by atoms with Crippen LogP contribution in [0.2, 0.25) is 0 Å². The number of nitrogens with zero attached hydrogens (tertiary/aromatic N) is 2. The summed E-state index contributed by atoms with van der Waals surface area (Å²) in [6, 6.07) is 0. The Bertz CT molecular complexity index is 363. The van der Waals surface area contributed by atoms with Crippen LogP contribution in [0.15, 0.2) is 10.7 Å². The molecular formula is C11H17BrN2O. The Morgan fingerprint density at radius 1 is 1.53 bits per heavy atom. The molecule has 3 nitrogen and oxygen atoms in total. The minimum Gasteiger partial charge on any atom is -0.292 e. The second kappa shape index (κ2) is 4.47. The Kier molecular flexibility index (Phi) is 3.71. The third-order valence-corrected chi connectivity index (χ3v) is 2.63. The van der Waals surface area contributed by atoms with Crippen LogP contribution in [0.1, 0.15) is 44.6 Å². The first-order chi connectivity index (χ1) is 6.85. The van der Waals surface area contributed by atoms with Crippen molar-refractivity contribution in [1.82, 2.24) is 9.78 Å². The second-order valence-corrected chi connectivity index (χ2v) is 5.67. The molecule has 0 saturated carbocycles. The average molecular weight is 273 g/mol. The summed E-state index contributed by atoms with van der Waals surface area (Å²) in [4.78, 5) is 12.0. The summed E-state index contributed by atoms with van der Waals surface area (Å²) in [6.07, 6.45) is 2.22. The number of hydrogen-bond donors (Lipinski definition) is 0. The molecule has 0 unspecified atom stereocenters. The van der Waals surface area contributed by atoms with Crippen molar-refractivity contribution in [3.8, 4) is 0 Å². The van der Waals surface area contributed by atoms with Crippen LogP contribution in [-0.4, -0.2) is 15.6 Å². The van der Waals surface area contributed by atoms with Gasteiger partial charge in [0.1, 0.15) is 5.69 Å². The first kappa shape index (κ1) is 12.4. The normalized spacial score (nSPS) is 11.8. The molecule has 1 heterocycles. The maximum atomic E-state index is 12.0. The van der Waals surface area contributed by atoms with E-state index in [1.807, 2.05) is 6.92 Å². The van der Waals surface area contributed by atoms with Gasteiger partial charge in [-0.1, -0.05) is 20.8 Å². The van der Waals surface area contributed by atoms with Crippen molar-refractivity contribution < 1.29 is 4.79 Å². The minimum absolute atomic E-state index is 0.0133. The standard InChI is InChI=1S/C11H17BrN2O/c1-5-14-10(8(12)7-13-14)9(15)6-11(2,3)4/h7H,5-6H2,1-4H3. The summed E-state index contributed by atoms with van der Waals surface area (Å²) in [5.41, 5.74) is 0.701. The van der Waals surface area contributed by atoms with Crippen molar-refractivity contribution in [1.29, 1.82) is 0 Å². The van der Waals surface area contributed by atoms with Crippen LogP contribution in [-0.2, 0) is 6.54 Å². The first-order valence-electron chi connectivity index (χ1n) is 5.09. The minimum atomic E-state index is 0.0133. The van der Waals surface area contributed by atoms with E-state index < -0.39 is 0 Å². The van der Waals surface area contributed by atoms with Crippen LogP contribution < -0.4 is 0 Å². The number of Topliss-reactive ketones (excluding diaryl/α,β-unsaturated/α-hetero) is 1. The molecule has 0 bridgehead atoms. The van der Waals surface area contributed by atoms with E-state index in [2.05, 4.69) is 41.8 Å². The quantitative estimate of drug-likeness (QED) is 0.792. The summed E-state index contributed by atoms with van der Waals surface area (Å²) in [6.45, 7) is 8.88. The van der Waals surface area contributed by atoms with E-state index in [4.69, 9.17) is 0 Å². The van der Waals surface area contributed by atoms with E-state index in [0.717, 1.165) is 11.0 Å². The molecule has 1 aromatic heterocycles. The van der Waals surface area contributed by atoms with Gasteiger partial charge in [0, 0.05) is 13.0 Å². The van der Waals surface area contributed by atoms with Crippen molar-refractivity contribution >= 4 is 21.7 Å². The summed E-state index contributed by atoms with van der Waals surface area (Å²) < 4.78 is 2.52. The van der Waals surface area contributed by atoms with Crippen LogP contribution in [0.25, 0.3) is 0 Å². The van der Waals surface area contributed by atoms with Crippen molar-refractivity contribution in [3.63, 3.8) is 0 Å². The monoisotopic (exact) mass is 272 g/mol. The lowest BCUT2D eigenvalue weighted by Crippen LogP contribution is -2.17. The highest BCUT2D eigenvalue weighted by Gasteiger charge is 2.22. The number of carbonyl (C=O) groups excluding carboxylic acids is 1. The summed E-state index contributed by atoms with van der Waals surface area (Å²) in [5, 5.41) is 4.13. The van der Waals surface area contributed by atoms with Gasteiger partial charge in [-0.3, -0.25) is 9.48 Å². The molecule has 0 spiro atoms. The first-order valence-corrected chi connectivity index (χ1v) is 5.89. The largest absolute Gasteiger partial charge is 0.292 e. The van der Waals surface area contributed by atoms with E-state index in [1.54, 1.807) is 10.9 Å². The third-order valence-electron chi connectivity index (χ3n) is 2.05. The molecule has 1 aromatic rings. The fourth-order valence-electron chi connectivity index (χ4n) is 1.44. The molecule has 15 heavy (non-hydrogen) atoms. The highest BCUT2D eigenvalue weighted by Crippen LogP contribution is 2.25. The van der Waals surface area contributed by atoms with E-state index >= 15 is 0 Å². The van der Waals surface area contributed by atoms with Crippen molar-refractivity contribution in [2.24, 2.45) is 5.41 Å². The van der Waals surface area contributed by atoms with Crippen molar-refractivity contribution in [2.75, 3.05) is 0 Å². The van der Waals surface area contributed by atoms with Crippen LogP contribution in [0, 0.1) is 5.41 Å². The highest BCUT2D eigenvalue weighted by atomic mass is 79.9. The summed E-state index contributed by atoms with van der Waals surface area (Å²) >= 11 is 3.36. The molecule has 0 amide bonds. The fraction of sp³-hybridized carbons (Fsp3) is 0.636. The molecule has 84 valence electrons. The van der Waals surface area contributed by atoms with Gasteiger partial charge in [-0.15, -0.1) is 0 Å². The number of aryl methyl sites for hydroxylation is 1. The van der Waals surface area contributed by atoms with Gasteiger partial charge in [0.2, 0.25) is 0 Å². The van der Waals surface area contributed by atoms with Crippen LogP contribution in [0.4, 0.5) is 0 Å². The molecule has 0 saturated heterocycles. The molecule has 0 aliphatic carbocycles. The van der Waals surface area contributed by atoms with Crippen LogP contribution in [0.3, 0.4) is 0 Å². The van der Waals surface area contributed by atoms with Gasteiger partial charge in [0.15, 0.2) is 5.78 Å².